The number of carboxylic acid groups (broad SMARTS) is 1. The van der Waals surface area contributed by atoms with Crippen LogP contribution in [0.1, 0.15) is 18.9 Å². The zero-order valence-corrected chi connectivity index (χ0v) is 20.9. The minimum Gasteiger partial charge on any atom is -0.465 e. The second-order valence-corrected chi connectivity index (χ2v) is 17.2. The summed E-state index contributed by atoms with van der Waals surface area (Å²) in [6.07, 6.45) is -0.715. The van der Waals surface area contributed by atoms with Crippen molar-refractivity contribution >= 4 is 47.0 Å². The molecule has 5 nitrogen and oxygen atoms in total. The summed E-state index contributed by atoms with van der Waals surface area (Å²) in [5, 5.41) is 9.92. The molecule has 10 heteroatoms. The molecule has 30 heavy (non-hydrogen) atoms. The van der Waals surface area contributed by atoms with Crippen LogP contribution in [0.2, 0.25) is 25.7 Å². The third kappa shape index (κ3) is 4.76. The molecule has 1 aliphatic carbocycles. The molecule has 3 rings (SSSR count). The van der Waals surface area contributed by atoms with E-state index in [4.69, 9.17) is 4.74 Å². The summed E-state index contributed by atoms with van der Waals surface area (Å²) >= 11 is 4.49. The number of amidine groups is 1. The minimum absolute atomic E-state index is 0.156. The number of halogens is 3. The van der Waals surface area contributed by atoms with Gasteiger partial charge in [0.15, 0.2) is 5.17 Å². The van der Waals surface area contributed by atoms with Crippen LogP contribution in [0.4, 0.5) is 13.6 Å². The molecule has 1 N–H and O–H groups in total. The van der Waals surface area contributed by atoms with E-state index in [9.17, 15) is 18.7 Å². The number of amides is 1. The van der Waals surface area contributed by atoms with Crippen LogP contribution < -0.4 is 0 Å². The third-order valence-electron chi connectivity index (χ3n) is 5.70. The molecule has 1 saturated carbocycles. The summed E-state index contributed by atoms with van der Waals surface area (Å²) in [5.74, 6) is -0.653. The molecule has 3 atom stereocenters. The zero-order chi connectivity index (χ0) is 22.3. The van der Waals surface area contributed by atoms with Gasteiger partial charge in [-0.2, -0.15) is 0 Å². The monoisotopic (exact) mass is 520 g/mol. The van der Waals surface area contributed by atoms with Crippen LogP contribution in [0.5, 0.6) is 0 Å². The van der Waals surface area contributed by atoms with E-state index in [1.165, 1.54) is 6.07 Å². The molecule has 1 aromatic carbocycles. The van der Waals surface area contributed by atoms with E-state index in [0.717, 1.165) is 22.7 Å². The maximum Gasteiger partial charge on any atom is 0.415 e. The number of aliphatic imine (C=N–C) groups is 1. The second kappa shape index (κ2) is 8.52. The van der Waals surface area contributed by atoms with Gasteiger partial charge in [-0.1, -0.05) is 47.3 Å². The summed E-state index contributed by atoms with van der Waals surface area (Å²) in [6.45, 7) is 8.03. The first kappa shape index (κ1) is 23.7. The van der Waals surface area contributed by atoms with Crippen molar-refractivity contribution in [3.05, 3.63) is 34.1 Å². The highest BCUT2D eigenvalue weighted by Crippen LogP contribution is 2.66. The van der Waals surface area contributed by atoms with Crippen LogP contribution in [0.15, 0.2) is 27.7 Å². The highest BCUT2D eigenvalue weighted by atomic mass is 79.9. The molecular formula is C20H27BrF2N2O3SSi. The fourth-order valence-electron chi connectivity index (χ4n) is 3.74. The smallest absolute Gasteiger partial charge is 0.415 e. The van der Waals surface area contributed by atoms with Gasteiger partial charge in [-0.25, -0.2) is 18.5 Å². The molecule has 1 aromatic rings. The van der Waals surface area contributed by atoms with Crippen molar-refractivity contribution in [1.29, 1.82) is 0 Å². The third-order valence-corrected chi connectivity index (χ3v) is 9.36. The Hall–Kier alpha value is -0.973. The highest BCUT2D eigenvalue weighted by molar-refractivity contribution is 9.10. The Kier molecular flexibility index (Phi) is 6.72. The molecule has 2 aliphatic rings. The van der Waals surface area contributed by atoms with Gasteiger partial charge in [-0.3, -0.25) is 4.99 Å². The number of hydrogen-bond donors (Lipinski definition) is 1. The number of ether oxygens (including phenoxy) is 1. The van der Waals surface area contributed by atoms with Crippen LogP contribution in [0.3, 0.4) is 0 Å². The summed E-state index contributed by atoms with van der Waals surface area (Å²) in [7, 11) is -1.32. The van der Waals surface area contributed by atoms with Crippen LogP contribution in [0, 0.1) is 11.7 Å². The fourth-order valence-corrected chi connectivity index (χ4v) is 6.38. The van der Waals surface area contributed by atoms with Gasteiger partial charge in [0.25, 0.3) is 0 Å². The van der Waals surface area contributed by atoms with Gasteiger partial charge in [0.05, 0.1) is 10.3 Å². The summed E-state index contributed by atoms with van der Waals surface area (Å²) in [6, 6.07) is 5.48. The topological polar surface area (TPSA) is 62.1 Å². The Morgan fingerprint density at radius 3 is 2.77 bits per heavy atom. The van der Waals surface area contributed by atoms with Gasteiger partial charge >= 0.3 is 6.09 Å². The number of benzene rings is 1. The average molecular weight is 522 g/mol. The lowest BCUT2D eigenvalue weighted by Gasteiger charge is -2.36. The Bertz CT molecular complexity index is 869. The highest BCUT2D eigenvalue weighted by Gasteiger charge is 2.67. The maximum absolute atomic E-state index is 14.7. The van der Waals surface area contributed by atoms with E-state index in [-0.39, 0.29) is 17.8 Å². The first-order valence-electron chi connectivity index (χ1n) is 9.80. The summed E-state index contributed by atoms with van der Waals surface area (Å²) in [4.78, 5) is 17.6. The van der Waals surface area contributed by atoms with Gasteiger partial charge < -0.3 is 9.84 Å². The Balaban J connectivity index is 1.92. The molecule has 0 radical (unpaired) electrons. The lowest BCUT2D eigenvalue weighted by molar-refractivity contribution is 0.0702. The lowest BCUT2D eigenvalue weighted by atomic mass is 9.86. The Morgan fingerprint density at radius 2 is 2.17 bits per heavy atom. The average Bonchev–Trinajstić information content (AvgIpc) is 3.38. The van der Waals surface area contributed by atoms with Crippen LogP contribution in [-0.2, 0) is 10.3 Å². The van der Waals surface area contributed by atoms with E-state index in [2.05, 4.69) is 40.6 Å². The van der Waals surface area contributed by atoms with Gasteiger partial charge in [-0.15, -0.1) is 0 Å². The standard InChI is InChI=1S/C20H27BrF2N2O3SSi/c1-19(14-9-13(21)5-6-15(14)23)16-10-20(16,11-22)29-17(24-19)25(18(26)27)12-28-7-8-30(2,3)4/h5-6,9,16H,7-8,10-12H2,1-4H3,(H,26,27)/t16-,19+,20+/m0/s1. The minimum atomic E-state index is -1.32. The van der Waals surface area contributed by atoms with Crippen LogP contribution in [-0.4, -0.2) is 54.1 Å². The molecule has 1 fully saturated rings. The van der Waals surface area contributed by atoms with E-state index in [0.29, 0.717) is 23.1 Å². The SMILES string of the molecule is C[C@]1(c2cc(Br)ccc2F)N=C(N(COCC[Si](C)(C)C)C(=O)O)S[C@@]2(CF)C[C@H]21. The van der Waals surface area contributed by atoms with Crippen LogP contribution >= 0.6 is 27.7 Å². The number of fused-ring (bicyclic) bond motifs is 1. The molecule has 1 aliphatic heterocycles. The molecule has 0 unspecified atom stereocenters. The van der Waals surface area contributed by atoms with Gasteiger partial charge in [0.2, 0.25) is 0 Å². The number of thioether (sulfide) groups is 1. The van der Waals surface area contributed by atoms with Gasteiger partial charge in [0, 0.05) is 30.6 Å². The quantitative estimate of drug-likeness (QED) is 0.275. The molecule has 166 valence electrons. The number of alkyl halides is 1. The number of hydrogen-bond acceptors (Lipinski definition) is 4. The van der Waals surface area contributed by atoms with Crippen molar-refractivity contribution in [3.63, 3.8) is 0 Å². The normalized spacial score (nSPS) is 28.0. The maximum atomic E-state index is 14.7. The van der Waals surface area contributed by atoms with Gasteiger partial charge in [-0.05, 0) is 37.6 Å². The Morgan fingerprint density at radius 1 is 1.47 bits per heavy atom. The summed E-state index contributed by atoms with van der Waals surface area (Å²) < 4.78 is 34.3. The van der Waals surface area contributed by atoms with Crippen molar-refractivity contribution in [2.45, 2.75) is 49.3 Å². The molecule has 0 bridgehead atoms. The largest absolute Gasteiger partial charge is 0.465 e. The molecule has 1 amide bonds. The van der Waals surface area contributed by atoms with Crippen molar-refractivity contribution in [2.24, 2.45) is 10.9 Å². The molecule has 0 saturated heterocycles. The predicted octanol–water partition coefficient (Wildman–Crippen LogP) is 5.93. The molecular weight excluding hydrogens is 494 g/mol. The van der Waals surface area contributed by atoms with Crippen molar-refractivity contribution in [1.82, 2.24) is 4.90 Å². The van der Waals surface area contributed by atoms with Crippen molar-refractivity contribution in [2.75, 3.05) is 20.0 Å². The predicted molar refractivity (Wildman–Crippen MR) is 122 cm³/mol. The molecule has 0 aromatic heterocycles. The lowest BCUT2D eigenvalue weighted by Crippen LogP contribution is -2.43. The molecule has 1 heterocycles. The van der Waals surface area contributed by atoms with Crippen molar-refractivity contribution < 1.29 is 23.4 Å². The summed E-state index contributed by atoms with van der Waals surface area (Å²) in [5.41, 5.74) is -0.730. The zero-order valence-electron chi connectivity index (χ0n) is 17.5. The van der Waals surface area contributed by atoms with E-state index in [1.54, 1.807) is 19.1 Å². The number of rotatable bonds is 7. The fraction of sp³-hybridized carbons (Fsp3) is 0.600. The van der Waals surface area contributed by atoms with E-state index in [1.807, 2.05) is 0 Å². The molecule has 0 spiro atoms. The Labute approximate surface area is 189 Å². The van der Waals surface area contributed by atoms with Crippen LogP contribution in [0.25, 0.3) is 0 Å². The van der Waals surface area contributed by atoms with Crippen molar-refractivity contribution in [3.8, 4) is 0 Å². The first-order valence-corrected chi connectivity index (χ1v) is 15.1. The van der Waals surface area contributed by atoms with Gasteiger partial charge in [0.1, 0.15) is 19.2 Å². The van der Waals surface area contributed by atoms with E-state index < -0.39 is 36.9 Å². The first-order chi connectivity index (χ1) is 13.9. The number of carbonyl (C=O) groups is 1. The van der Waals surface area contributed by atoms with E-state index >= 15 is 0 Å². The number of nitrogens with zero attached hydrogens (tertiary/aromatic N) is 2. The second-order valence-electron chi connectivity index (χ2n) is 9.28.